The van der Waals surface area contributed by atoms with Crippen LogP contribution in [-0.4, -0.2) is 171 Å². The zero-order valence-electron chi connectivity index (χ0n) is 48.9. The SMILES string of the molecule is Cc1cnc(Nc2ccc(N3CCN(C(=O)CCOCCOCCOCCOCCC(=O)N[C@H](C(=O)N4C[C@H](O)C[C@H]4C(=O)NCc4ccc(-c5scnc5C)cc4)C(C)(C)C)CC3)cc2)nc1Nc1cccc(S(=O)(=O)NC(C)(C)C)c1. The fourth-order valence-corrected chi connectivity index (χ4v) is 11.6. The van der Waals surface area contributed by atoms with E-state index in [2.05, 4.69) is 45.8 Å². The summed E-state index contributed by atoms with van der Waals surface area (Å²) in [5.41, 5.74) is 6.57. The number of aliphatic hydroxyl groups is 1. The number of carbonyl (C=O) groups is 4. The number of aromatic nitrogens is 3. The van der Waals surface area contributed by atoms with Crippen molar-refractivity contribution in [2.45, 2.75) is 110 Å². The topological polar surface area (TPSA) is 268 Å². The minimum atomic E-state index is -3.72. The number of nitrogens with one attached hydrogen (secondary N) is 5. The average molecular weight is 1180 g/mol. The largest absolute Gasteiger partial charge is 0.391 e. The molecule has 22 nitrogen and oxygen atoms in total. The number of likely N-dealkylation sites (tertiary alicyclic amines) is 1. The van der Waals surface area contributed by atoms with E-state index in [1.165, 1.54) is 4.90 Å². The first-order chi connectivity index (χ1) is 39.5. The van der Waals surface area contributed by atoms with Gasteiger partial charge in [-0.05, 0) is 93.6 Å². The van der Waals surface area contributed by atoms with E-state index in [1.807, 2.05) is 93.6 Å². The number of thiazole rings is 1. The van der Waals surface area contributed by atoms with Gasteiger partial charge in [0.15, 0.2) is 0 Å². The van der Waals surface area contributed by atoms with E-state index >= 15 is 0 Å². The van der Waals surface area contributed by atoms with Gasteiger partial charge in [0.05, 0.1) is 86.4 Å². The van der Waals surface area contributed by atoms with Crippen molar-refractivity contribution in [1.29, 1.82) is 0 Å². The van der Waals surface area contributed by atoms with Crippen molar-refractivity contribution in [2.75, 3.05) is 101 Å². The number of nitrogens with zero attached hydrogens (tertiary/aromatic N) is 6. The van der Waals surface area contributed by atoms with Gasteiger partial charge in [-0.1, -0.05) is 51.1 Å². The second-order valence-corrected chi connectivity index (χ2v) is 25.2. The molecule has 2 aliphatic heterocycles. The van der Waals surface area contributed by atoms with Crippen molar-refractivity contribution in [3.63, 3.8) is 0 Å². The maximum atomic E-state index is 14.0. The van der Waals surface area contributed by atoms with Gasteiger partial charge in [-0.3, -0.25) is 19.2 Å². The van der Waals surface area contributed by atoms with E-state index in [0.29, 0.717) is 83.3 Å². The van der Waals surface area contributed by atoms with Crippen LogP contribution < -0.4 is 30.9 Å². The molecule has 0 saturated carbocycles. The van der Waals surface area contributed by atoms with Gasteiger partial charge in [0.2, 0.25) is 39.6 Å². The van der Waals surface area contributed by atoms with Crippen molar-refractivity contribution in [1.82, 2.24) is 40.1 Å². The Bertz CT molecular complexity index is 3050. The van der Waals surface area contributed by atoms with Gasteiger partial charge in [0, 0.05) is 86.5 Å². The van der Waals surface area contributed by atoms with Gasteiger partial charge in [-0.2, -0.15) is 4.98 Å². The van der Waals surface area contributed by atoms with Gasteiger partial charge in [0.1, 0.15) is 17.9 Å². The third-order valence-electron chi connectivity index (χ3n) is 13.7. The van der Waals surface area contributed by atoms with Crippen molar-refractivity contribution in [2.24, 2.45) is 5.41 Å². The van der Waals surface area contributed by atoms with E-state index in [9.17, 15) is 32.7 Å². The van der Waals surface area contributed by atoms with Gasteiger partial charge >= 0.3 is 0 Å². The van der Waals surface area contributed by atoms with Crippen LogP contribution in [0.3, 0.4) is 0 Å². The fraction of sp³-hybridized carbons (Fsp3) is 0.508. The first-order valence-corrected chi connectivity index (χ1v) is 30.4. The molecule has 450 valence electrons. The third kappa shape index (κ3) is 19.5. The molecular formula is C59H81N11O11S2. The lowest BCUT2D eigenvalue weighted by Crippen LogP contribution is -2.57. The summed E-state index contributed by atoms with van der Waals surface area (Å²) in [4.78, 5) is 73.6. The summed E-state index contributed by atoms with van der Waals surface area (Å²) < 4.78 is 51.0. The summed E-state index contributed by atoms with van der Waals surface area (Å²) in [5, 5.41) is 22.8. The second kappa shape index (κ2) is 29.7. The van der Waals surface area contributed by atoms with Crippen molar-refractivity contribution < 1.29 is 51.6 Å². The lowest BCUT2D eigenvalue weighted by atomic mass is 9.85. The lowest BCUT2D eigenvalue weighted by Gasteiger charge is -2.36. The molecule has 0 unspecified atom stereocenters. The summed E-state index contributed by atoms with van der Waals surface area (Å²) in [6, 6.07) is 20.5. The van der Waals surface area contributed by atoms with Crippen LogP contribution in [0.4, 0.5) is 28.8 Å². The maximum absolute atomic E-state index is 14.0. The number of piperazine rings is 1. The number of amides is 4. The average Bonchev–Trinajstić information content (AvgIpc) is 4.27. The third-order valence-corrected chi connectivity index (χ3v) is 16.4. The van der Waals surface area contributed by atoms with Crippen LogP contribution in [0.5, 0.6) is 0 Å². The molecule has 3 aromatic carbocycles. The molecule has 3 atom stereocenters. The van der Waals surface area contributed by atoms with Crippen LogP contribution in [0, 0.1) is 19.3 Å². The highest BCUT2D eigenvalue weighted by Gasteiger charge is 2.44. The zero-order chi connectivity index (χ0) is 59.7. The quantitative estimate of drug-likeness (QED) is 0.0310. The molecular weight excluding hydrogens is 1100 g/mol. The molecule has 0 radical (unpaired) electrons. The number of sulfonamides is 1. The minimum absolute atomic E-state index is 0.0123. The molecule has 5 aromatic rings. The summed E-state index contributed by atoms with van der Waals surface area (Å²) >= 11 is 1.57. The molecule has 0 bridgehead atoms. The van der Waals surface area contributed by atoms with Crippen LogP contribution >= 0.6 is 11.3 Å². The maximum Gasteiger partial charge on any atom is 0.246 e. The number of carbonyl (C=O) groups excluding carboxylic acids is 4. The molecule has 4 heterocycles. The van der Waals surface area contributed by atoms with E-state index < -0.39 is 45.1 Å². The molecule has 0 aliphatic carbocycles. The Morgan fingerprint density at radius 3 is 2.02 bits per heavy atom. The van der Waals surface area contributed by atoms with E-state index in [0.717, 1.165) is 38.6 Å². The summed E-state index contributed by atoms with van der Waals surface area (Å²) in [7, 11) is -3.72. The van der Waals surface area contributed by atoms with Crippen LogP contribution in [0.2, 0.25) is 0 Å². The van der Waals surface area contributed by atoms with E-state index in [4.69, 9.17) is 18.9 Å². The predicted molar refractivity (Wildman–Crippen MR) is 319 cm³/mol. The zero-order valence-corrected chi connectivity index (χ0v) is 50.5. The number of rotatable bonds is 28. The summed E-state index contributed by atoms with van der Waals surface area (Å²) in [6.45, 7) is 19.9. The van der Waals surface area contributed by atoms with Gasteiger partial charge in [-0.25, -0.2) is 23.1 Å². The number of hydrogen-bond acceptors (Lipinski definition) is 18. The van der Waals surface area contributed by atoms with E-state index in [-0.39, 0.29) is 68.2 Å². The number of anilines is 5. The molecule has 2 aliphatic rings. The Balaban J connectivity index is 0.702. The predicted octanol–water partition coefficient (Wildman–Crippen LogP) is 6.09. The molecule has 2 aromatic heterocycles. The molecule has 2 saturated heterocycles. The number of aliphatic hydroxyl groups excluding tert-OH is 1. The van der Waals surface area contributed by atoms with Crippen molar-refractivity contribution in [3.8, 4) is 10.4 Å². The highest BCUT2D eigenvalue weighted by molar-refractivity contribution is 7.89. The molecule has 2 fully saturated rings. The number of ether oxygens (including phenoxy) is 4. The molecule has 24 heteroatoms. The highest BCUT2D eigenvalue weighted by atomic mass is 32.2. The molecule has 4 amide bonds. The van der Waals surface area contributed by atoms with Gasteiger partial charge < -0.3 is 60.0 Å². The Hall–Kier alpha value is -6.64. The van der Waals surface area contributed by atoms with Crippen molar-refractivity contribution in [3.05, 3.63) is 101 Å². The lowest BCUT2D eigenvalue weighted by molar-refractivity contribution is -0.144. The van der Waals surface area contributed by atoms with Crippen LogP contribution in [-0.2, 0) is 54.7 Å². The Labute approximate surface area is 491 Å². The number of hydrogen-bond donors (Lipinski definition) is 6. The van der Waals surface area contributed by atoms with Crippen LogP contribution in [0.1, 0.15) is 77.6 Å². The highest BCUT2D eigenvalue weighted by Crippen LogP contribution is 2.30. The van der Waals surface area contributed by atoms with Gasteiger partial charge in [0.25, 0.3) is 0 Å². The summed E-state index contributed by atoms with van der Waals surface area (Å²) in [6.07, 6.45) is 1.21. The minimum Gasteiger partial charge on any atom is -0.391 e. The van der Waals surface area contributed by atoms with Crippen LogP contribution in [0.25, 0.3) is 10.4 Å². The molecule has 7 rings (SSSR count). The monoisotopic (exact) mass is 1180 g/mol. The first-order valence-electron chi connectivity index (χ1n) is 28.0. The molecule has 0 spiro atoms. The fourth-order valence-electron chi connectivity index (χ4n) is 9.33. The Morgan fingerprint density at radius 1 is 0.771 bits per heavy atom. The van der Waals surface area contributed by atoms with Crippen LogP contribution in [0.15, 0.2) is 89.4 Å². The normalized spacial score (nSPS) is 16.2. The Morgan fingerprint density at radius 2 is 1.41 bits per heavy atom. The molecule has 6 N–H and O–H groups in total. The second-order valence-electron chi connectivity index (χ2n) is 22.7. The number of benzene rings is 3. The number of aryl methyl sites for hydroxylation is 2. The van der Waals surface area contributed by atoms with E-state index in [1.54, 1.807) is 62.6 Å². The standard InChI is InChI=1S/C59H81N11O11S2/c1-40-36-61-57(66-54(40)63-45-10-9-11-48(34-45)83(76,77)67-59(6,7)8)64-44-16-18-46(19-17-44)68-22-24-69(25-23-68)51(73)21-27-79-29-31-81-33-32-80-30-28-78-26-20-50(72)65-53(58(3,4)5)56(75)70-38-47(71)35-49(70)55(74)60-37-42-12-14-43(15-13-42)52-41(2)62-39-82-52/h9-19,34,36,39,47,49,53,67,71H,20-33,35,37-38H2,1-8H3,(H,60,74)(H,65,72)(H2,61,63,64,66)/t47-,49+,53-/m1/s1. The number of β-amino-alcohol motifs (C(OH)–C–C–N with tert-alkyl or cyclic N) is 1. The smallest absolute Gasteiger partial charge is 0.246 e. The van der Waals surface area contributed by atoms with Crippen molar-refractivity contribution >= 4 is 73.8 Å². The Kier molecular flexibility index (Phi) is 22.9. The van der Waals surface area contributed by atoms with Gasteiger partial charge in [-0.15, -0.1) is 11.3 Å². The first kappa shape index (κ1) is 63.9. The summed E-state index contributed by atoms with van der Waals surface area (Å²) in [5.74, 6) is -0.227. The molecule has 83 heavy (non-hydrogen) atoms.